The number of aliphatic hydroxyl groups is 2. The Labute approximate surface area is 177 Å². The van der Waals surface area contributed by atoms with Gasteiger partial charge < -0.3 is 14.9 Å². The highest BCUT2D eigenvalue weighted by Crippen LogP contribution is 2.33. The van der Waals surface area contributed by atoms with E-state index in [2.05, 4.69) is 9.80 Å². The van der Waals surface area contributed by atoms with Crippen LogP contribution in [0.5, 0.6) is 5.75 Å². The first kappa shape index (κ1) is 21.2. The van der Waals surface area contributed by atoms with E-state index < -0.39 is 6.10 Å². The zero-order valence-corrected chi connectivity index (χ0v) is 17.3. The molecule has 6 heteroatoms. The molecule has 0 spiro atoms. The fourth-order valence-electron chi connectivity index (χ4n) is 4.66. The van der Waals surface area contributed by atoms with Crippen molar-refractivity contribution in [2.24, 2.45) is 0 Å². The average Bonchev–Trinajstić information content (AvgIpc) is 3.37. The summed E-state index contributed by atoms with van der Waals surface area (Å²) >= 11 is 0. The van der Waals surface area contributed by atoms with Crippen molar-refractivity contribution in [3.05, 3.63) is 65.5 Å². The normalized spacial score (nSPS) is 25.1. The van der Waals surface area contributed by atoms with Gasteiger partial charge in [-0.3, -0.25) is 9.80 Å². The Kier molecular flexibility index (Phi) is 7.00. The van der Waals surface area contributed by atoms with Gasteiger partial charge >= 0.3 is 0 Å². The van der Waals surface area contributed by atoms with E-state index in [1.807, 2.05) is 24.3 Å². The lowest BCUT2D eigenvalue weighted by molar-refractivity contribution is 0.0641. The summed E-state index contributed by atoms with van der Waals surface area (Å²) in [7, 11) is 0. The van der Waals surface area contributed by atoms with Gasteiger partial charge in [0.25, 0.3) is 0 Å². The SMILES string of the molecule is OC[C@@H]1[C@H](O)[C@@H](c2ccc(F)cc2)CN1Cc1cccc(OCCN2CCCC2)c1. The third-order valence-corrected chi connectivity index (χ3v) is 6.35. The highest BCUT2D eigenvalue weighted by molar-refractivity contribution is 5.30. The zero-order valence-electron chi connectivity index (χ0n) is 17.3. The highest BCUT2D eigenvalue weighted by atomic mass is 19.1. The molecule has 2 heterocycles. The lowest BCUT2D eigenvalue weighted by Gasteiger charge is -2.24. The Morgan fingerprint density at radius 2 is 1.83 bits per heavy atom. The second-order valence-corrected chi connectivity index (χ2v) is 8.37. The summed E-state index contributed by atoms with van der Waals surface area (Å²) in [5, 5.41) is 20.6. The number of likely N-dealkylation sites (tertiary alicyclic amines) is 2. The summed E-state index contributed by atoms with van der Waals surface area (Å²) in [5.41, 5.74) is 1.97. The van der Waals surface area contributed by atoms with Gasteiger partial charge in [-0.15, -0.1) is 0 Å². The molecule has 2 fully saturated rings. The van der Waals surface area contributed by atoms with Crippen LogP contribution in [0.15, 0.2) is 48.5 Å². The molecule has 2 aliphatic heterocycles. The van der Waals surface area contributed by atoms with Crippen LogP contribution in [0, 0.1) is 5.82 Å². The summed E-state index contributed by atoms with van der Waals surface area (Å²) < 4.78 is 19.2. The maximum Gasteiger partial charge on any atom is 0.123 e. The molecule has 0 saturated carbocycles. The van der Waals surface area contributed by atoms with Crippen molar-refractivity contribution in [3.8, 4) is 5.75 Å². The molecule has 5 nitrogen and oxygen atoms in total. The van der Waals surface area contributed by atoms with Gasteiger partial charge in [-0.05, 0) is 61.3 Å². The van der Waals surface area contributed by atoms with E-state index in [-0.39, 0.29) is 24.4 Å². The average molecular weight is 415 g/mol. The van der Waals surface area contributed by atoms with Gasteiger partial charge in [0.1, 0.15) is 18.2 Å². The van der Waals surface area contributed by atoms with Crippen LogP contribution in [0.2, 0.25) is 0 Å². The van der Waals surface area contributed by atoms with E-state index in [0.717, 1.165) is 23.4 Å². The summed E-state index contributed by atoms with van der Waals surface area (Å²) in [5.74, 6) is 0.410. The second-order valence-electron chi connectivity index (χ2n) is 8.37. The van der Waals surface area contributed by atoms with E-state index in [1.165, 1.54) is 38.1 Å². The predicted octanol–water partition coefficient (Wildman–Crippen LogP) is 2.62. The fraction of sp³-hybridized carbons (Fsp3) is 0.500. The monoisotopic (exact) mass is 414 g/mol. The summed E-state index contributed by atoms with van der Waals surface area (Å²) in [6.07, 6.45) is 1.87. The zero-order chi connectivity index (χ0) is 20.9. The Balaban J connectivity index is 1.38. The molecule has 3 atom stereocenters. The van der Waals surface area contributed by atoms with E-state index >= 15 is 0 Å². The van der Waals surface area contributed by atoms with Crippen LogP contribution >= 0.6 is 0 Å². The Morgan fingerprint density at radius 3 is 2.57 bits per heavy atom. The molecule has 0 radical (unpaired) electrons. The number of halogens is 1. The van der Waals surface area contributed by atoms with Gasteiger partial charge in [-0.1, -0.05) is 24.3 Å². The van der Waals surface area contributed by atoms with Crippen LogP contribution in [0.25, 0.3) is 0 Å². The first-order valence-corrected chi connectivity index (χ1v) is 10.9. The Bertz CT molecular complexity index is 810. The number of rotatable bonds is 8. The van der Waals surface area contributed by atoms with Crippen molar-refractivity contribution in [3.63, 3.8) is 0 Å². The topological polar surface area (TPSA) is 56.2 Å². The number of benzene rings is 2. The third-order valence-electron chi connectivity index (χ3n) is 6.35. The number of hydrogen-bond acceptors (Lipinski definition) is 5. The molecule has 2 saturated heterocycles. The Morgan fingerprint density at radius 1 is 1.07 bits per heavy atom. The van der Waals surface area contributed by atoms with Crippen LogP contribution in [0.3, 0.4) is 0 Å². The van der Waals surface area contributed by atoms with Crippen molar-refractivity contribution in [2.75, 3.05) is 39.4 Å². The number of aliphatic hydroxyl groups excluding tert-OH is 2. The van der Waals surface area contributed by atoms with Crippen LogP contribution in [0.4, 0.5) is 4.39 Å². The summed E-state index contributed by atoms with van der Waals surface area (Å²) in [6, 6.07) is 14.0. The quantitative estimate of drug-likeness (QED) is 0.696. The largest absolute Gasteiger partial charge is 0.492 e. The molecule has 2 N–H and O–H groups in total. The Hall–Kier alpha value is -1.99. The summed E-state index contributed by atoms with van der Waals surface area (Å²) in [4.78, 5) is 4.53. The van der Waals surface area contributed by atoms with Gasteiger partial charge in [0.2, 0.25) is 0 Å². The molecule has 2 aromatic rings. The molecule has 0 amide bonds. The highest BCUT2D eigenvalue weighted by Gasteiger charge is 2.40. The first-order valence-electron chi connectivity index (χ1n) is 10.9. The van der Waals surface area contributed by atoms with Crippen LogP contribution in [-0.4, -0.2) is 71.6 Å². The maximum absolute atomic E-state index is 13.3. The van der Waals surface area contributed by atoms with E-state index in [4.69, 9.17) is 4.74 Å². The van der Waals surface area contributed by atoms with Crippen molar-refractivity contribution in [2.45, 2.75) is 37.5 Å². The van der Waals surface area contributed by atoms with Crippen LogP contribution < -0.4 is 4.74 Å². The van der Waals surface area contributed by atoms with E-state index in [0.29, 0.717) is 19.7 Å². The van der Waals surface area contributed by atoms with Gasteiger partial charge in [0.15, 0.2) is 0 Å². The van der Waals surface area contributed by atoms with Gasteiger partial charge in [-0.25, -0.2) is 4.39 Å². The van der Waals surface area contributed by atoms with Gasteiger partial charge in [0, 0.05) is 25.6 Å². The molecule has 0 aromatic heterocycles. The lowest BCUT2D eigenvalue weighted by atomic mass is 9.94. The molecule has 0 unspecified atom stereocenters. The molecule has 30 heavy (non-hydrogen) atoms. The van der Waals surface area contributed by atoms with Crippen molar-refractivity contribution in [1.82, 2.24) is 9.80 Å². The van der Waals surface area contributed by atoms with Crippen molar-refractivity contribution >= 4 is 0 Å². The standard InChI is InChI=1S/C24H31FN2O3/c25-20-8-6-19(7-9-20)22-16-27(23(17-28)24(22)29)15-18-4-3-5-21(14-18)30-13-12-26-10-1-2-11-26/h3-9,14,22-24,28-29H,1-2,10-13,15-17H2/t22-,23-,24-/m1/s1. The molecular formula is C24H31FN2O3. The number of ether oxygens (including phenoxy) is 1. The first-order chi connectivity index (χ1) is 14.6. The predicted molar refractivity (Wildman–Crippen MR) is 114 cm³/mol. The number of hydrogen-bond donors (Lipinski definition) is 2. The van der Waals surface area contributed by atoms with Gasteiger partial charge in [-0.2, -0.15) is 0 Å². The summed E-state index contributed by atoms with van der Waals surface area (Å²) in [6.45, 7) is 5.06. The second kappa shape index (κ2) is 9.88. The molecule has 0 bridgehead atoms. The van der Waals surface area contributed by atoms with E-state index in [9.17, 15) is 14.6 Å². The molecule has 0 aliphatic carbocycles. The minimum absolute atomic E-state index is 0.120. The molecule has 4 rings (SSSR count). The molecule has 162 valence electrons. The van der Waals surface area contributed by atoms with E-state index in [1.54, 1.807) is 12.1 Å². The van der Waals surface area contributed by atoms with Crippen molar-refractivity contribution in [1.29, 1.82) is 0 Å². The lowest BCUT2D eigenvalue weighted by Crippen LogP contribution is -2.38. The minimum Gasteiger partial charge on any atom is -0.492 e. The smallest absolute Gasteiger partial charge is 0.123 e. The molecular weight excluding hydrogens is 383 g/mol. The number of nitrogens with zero attached hydrogens (tertiary/aromatic N) is 2. The fourth-order valence-corrected chi connectivity index (χ4v) is 4.66. The maximum atomic E-state index is 13.3. The van der Waals surface area contributed by atoms with Gasteiger partial charge in [0.05, 0.1) is 18.8 Å². The van der Waals surface area contributed by atoms with Crippen LogP contribution in [-0.2, 0) is 6.54 Å². The minimum atomic E-state index is -0.694. The van der Waals surface area contributed by atoms with Crippen LogP contribution in [0.1, 0.15) is 29.9 Å². The third kappa shape index (κ3) is 5.01. The molecule has 2 aliphatic rings. The molecule has 2 aromatic carbocycles. The van der Waals surface area contributed by atoms with Crippen molar-refractivity contribution < 1.29 is 19.3 Å².